The van der Waals surface area contributed by atoms with Gasteiger partial charge < -0.3 is 10.6 Å². The fourth-order valence-electron chi connectivity index (χ4n) is 1.16. The van der Waals surface area contributed by atoms with Crippen LogP contribution in [0.15, 0.2) is 0 Å². The molecule has 0 rings (SSSR count). The van der Waals surface area contributed by atoms with Crippen molar-refractivity contribution < 1.29 is 4.79 Å². The Morgan fingerprint density at radius 1 is 1.57 bits per heavy atom. The molecule has 0 heterocycles. The maximum absolute atomic E-state index is 11.6. The van der Waals surface area contributed by atoms with Crippen LogP contribution in [0.5, 0.6) is 0 Å². The topological polar surface area (TPSA) is 46.3 Å². The second kappa shape index (κ2) is 8.12. The molecule has 1 amide bonds. The van der Waals surface area contributed by atoms with Gasteiger partial charge in [-0.3, -0.25) is 4.79 Å². The molecule has 1 atom stereocenters. The summed E-state index contributed by atoms with van der Waals surface area (Å²) in [6.45, 7) is 2.94. The highest BCUT2D eigenvalue weighted by molar-refractivity contribution is 7.98. The fourth-order valence-corrected chi connectivity index (χ4v) is 1.65. The molecular formula is C10H22N2OS. The SMILES string of the molecule is CCCCN(C)C(=O)[C@@H](N)CCSC. The van der Waals surface area contributed by atoms with Gasteiger partial charge in [-0.15, -0.1) is 0 Å². The number of nitrogens with zero attached hydrogens (tertiary/aromatic N) is 1. The highest BCUT2D eigenvalue weighted by atomic mass is 32.2. The van der Waals surface area contributed by atoms with E-state index in [0.29, 0.717) is 0 Å². The second-order valence-corrected chi connectivity index (χ2v) is 4.49. The first-order valence-electron chi connectivity index (χ1n) is 5.13. The van der Waals surface area contributed by atoms with Crippen LogP contribution in [0.25, 0.3) is 0 Å². The van der Waals surface area contributed by atoms with E-state index in [4.69, 9.17) is 5.73 Å². The molecule has 0 radical (unpaired) electrons. The summed E-state index contributed by atoms with van der Waals surface area (Å²) >= 11 is 1.73. The van der Waals surface area contributed by atoms with Crippen LogP contribution < -0.4 is 5.73 Å². The summed E-state index contributed by atoms with van der Waals surface area (Å²) in [7, 11) is 1.83. The number of carbonyl (C=O) groups is 1. The lowest BCUT2D eigenvalue weighted by Gasteiger charge is -2.20. The second-order valence-electron chi connectivity index (χ2n) is 3.50. The van der Waals surface area contributed by atoms with E-state index in [2.05, 4.69) is 6.92 Å². The van der Waals surface area contributed by atoms with Gasteiger partial charge in [0.15, 0.2) is 0 Å². The molecule has 84 valence electrons. The monoisotopic (exact) mass is 218 g/mol. The molecule has 0 aliphatic carbocycles. The molecule has 2 N–H and O–H groups in total. The Morgan fingerprint density at radius 3 is 2.71 bits per heavy atom. The molecule has 0 aromatic carbocycles. The maximum Gasteiger partial charge on any atom is 0.239 e. The minimum atomic E-state index is -0.315. The van der Waals surface area contributed by atoms with Crippen molar-refractivity contribution in [3.8, 4) is 0 Å². The fraction of sp³-hybridized carbons (Fsp3) is 0.900. The van der Waals surface area contributed by atoms with Crippen LogP contribution in [-0.4, -0.2) is 42.4 Å². The van der Waals surface area contributed by atoms with Gasteiger partial charge in [-0.05, 0) is 24.9 Å². The van der Waals surface area contributed by atoms with Gasteiger partial charge in [0.1, 0.15) is 0 Å². The zero-order chi connectivity index (χ0) is 11.0. The summed E-state index contributed by atoms with van der Waals surface area (Å²) < 4.78 is 0. The number of amides is 1. The highest BCUT2D eigenvalue weighted by Gasteiger charge is 2.16. The van der Waals surface area contributed by atoms with E-state index in [1.165, 1.54) is 0 Å². The molecule has 0 saturated carbocycles. The van der Waals surface area contributed by atoms with Gasteiger partial charge in [-0.2, -0.15) is 11.8 Å². The van der Waals surface area contributed by atoms with Crippen LogP contribution in [-0.2, 0) is 4.79 Å². The summed E-state index contributed by atoms with van der Waals surface area (Å²) in [5, 5.41) is 0. The van der Waals surface area contributed by atoms with Crippen LogP contribution in [0.4, 0.5) is 0 Å². The number of nitrogens with two attached hydrogens (primary N) is 1. The minimum absolute atomic E-state index is 0.0764. The number of hydrogen-bond donors (Lipinski definition) is 1. The Hall–Kier alpha value is -0.220. The molecule has 0 aromatic rings. The first-order valence-corrected chi connectivity index (χ1v) is 6.52. The van der Waals surface area contributed by atoms with Crippen molar-refractivity contribution in [3.05, 3.63) is 0 Å². The van der Waals surface area contributed by atoms with Crippen LogP contribution in [0.1, 0.15) is 26.2 Å². The van der Waals surface area contributed by atoms with Crippen LogP contribution >= 0.6 is 11.8 Å². The Labute approximate surface area is 91.4 Å². The Morgan fingerprint density at radius 2 is 2.21 bits per heavy atom. The van der Waals surface area contributed by atoms with Crippen molar-refractivity contribution in [3.63, 3.8) is 0 Å². The van der Waals surface area contributed by atoms with Crippen molar-refractivity contribution in [2.45, 2.75) is 32.2 Å². The van der Waals surface area contributed by atoms with Gasteiger partial charge in [-0.25, -0.2) is 0 Å². The molecule has 0 fully saturated rings. The molecule has 0 aliphatic rings. The van der Waals surface area contributed by atoms with E-state index < -0.39 is 0 Å². The lowest BCUT2D eigenvalue weighted by atomic mass is 10.2. The third kappa shape index (κ3) is 5.50. The molecule has 0 aromatic heterocycles. The minimum Gasteiger partial charge on any atom is -0.344 e. The predicted molar refractivity (Wildman–Crippen MR) is 63.5 cm³/mol. The highest BCUT2D eigenvalue weighted by Crippen LogP contribution is 2.02. The third-order valence-corrected chi connectivity index (χ3v) is 2.82. The molecule has 0 spiro atoms. The van der Waals surface area contributed by atoms with Gasteiger partial charge in [0.2, 0.25) is 5.91 Å². The van der Waals surface area contributed by atoms with Crippen molar-refractivity contribution >= 4 is 17.7 Å². The van der Waals surface area contributed by atoms with Gasteiger partial charge >= 0.3 is 0 Å². The van der Waals surface area contributed by atoms with Gasteiger partial charge in [-0.1, -0.05) is 13.3 Å². The number of unbranched alkanes of at least 4 members (excludes halogenated alkanes) is 1. The summed E-state index contributed by atoms with van der Waals surface area (Å²) in [5.74, 6) is 1.03. The number of rotatable bonds is 7. The van der Waals surface area contributed by atoms with Crippen LogP contribution in [0.3, 0.4) is 0 Å². The zero-order valence-electron chi connectivity index (χ0n) is 9.45. The molecule has 4 heteroatoms. The Bertz CT molecular complexity index is 148. The molecule has 3 nitrogen and oxygen atoms in total. The average molecular weight is 218 g/mol. The predicted octanol–water partition coefficient (Wildman–Crippen LogP) is 1.33. The van der Waals surface area contributed by atoms with E-state index in [1.54, 1.807) is 16.7 Å². The van der Waals surface area contributed by atoms with E-state index >= 15 is 0 Å². The van der Waals surface area contributed by atoms with E-state index in [9.17, 15) is 4.79 Å². The molecule has 0 saturated heterocycles. The lowest BCUT2D eigenvalue weighted by Crippen LogP contribution is -2.42. The first kappa shape index (κ1) is 13.8. The maximum atomic E-state index is 11.6. The lowest BCUT2D eigenvalue weighted by molar-refractivity contribution is -0.131. The molecule has 0 unspecified atom stereocenters. The van der Waals surface area contributed by atoms with Crippen molar-refractivity contribution in [2.75, 3.05) is 25.6 Å². The smallest absolute Gasteiger partial charge is 0.239 e. The largest absolute Gasteiger partial charge is 0.344 e. The first-order chi connectivity index (χ1) is 6.63. The Balaban J connectivity index is 3.78. The standard InChI is InChI=1S/C10H22N2OS/c1-4-5-7-12(2)10(13)9(11)6-8-14-3/h9H,4-8,11H2,1-3H3/t9-/m0/s1. The summed E-state index contributed by atoms with van der Waals surface area (Å²) in [4.78, 5) is 13.4. The quantitative estimate of drug-likeness (QED) is 0.701. The normalized spacial score (nSPS) is 12.6. The summed E-state index contributed by atoms with van der Waals surface area (Å²) in [5.41, 5.74) is 5.77. The van der Waals surface area contributed by atoms with Crippen molar-refractivity contribution in [1.82, 2.24) is 4.90 Å². The zero-order valence-corrected chi connectivity index (χ0v) is 10.3. The van der Waals surface area contributed by atoms with Crippen molar-refractivity contribution in [2.24, 2.45) is 5.73 Å². The Kier molecular flexibility index (Phi) is 7.99. The van der Waals surface area contributed by atoms with E-state index in [-0.39, 0.29) is 11.9 Å². The molecular weight excluding hydrogens is 196 g/mol. The third-order valence-electron chi connectivity index (χ3n) is 2.17. The number of thioether (sulfide) groups is 1. The number of likely N-dealkylation sites (N-methyl/N-ethyl adjacent to an activating group) is 1. The van der Waals surface area contributed by atoms with Gasteiger partial charge in [0.05, 0.1) is 6.04 Å². The van der Waals surface area contributed by atoms with Crippen LogP contribution in [0, 0.1) is 0 Å². The molecule has 14 heavy (non-hydrogen) atoms. The summed E-state index contributed by atoms with van der Waals surface area (Å²) in [6, 6.07) is -0.315. The van der Waals surface area contributed by atoms with Crippen LogP contribution in [0.2, 0.25) is 0 Å². The number of carbonyl (C=O) groups excluding carboxylic acids is 1. The molecule has 0 aliphatic heterocycles. The van der Waals surface area contributed by atoms with Crippen molar-refractivity contribution in [1.29, 1.82) is 0 Å². The summed E-state index contributed by atoms with van der Waals surface area (Å²) in [6.07, 6.45) is 4.96. The number of hydrogen-bond acceptors (Lipinski definition) is 3. The molecule has 0 bridgehead atoms. The van der Waals surface area contributed by atoms with E-state index in [0.717, 1.165) is 31.6 Å². The van der Waals surface area contributed by atoms with E-state index in [1.807, 2.05) is 13.3 Å². The van der Waals surface area contributed by atoms with Gasteiger partial charge in [0, 0.05) is 13.6 Å². The average Bonchev–Trinajstić information content (AvgIpc) is 2.21. The van der Waals surface area contributed by atoms with Gasteiger partial charge in [0.25, 0.3) is 0 Å².